The molecule has 0 saturated heterocycles. The van der Waals surface area contributed by atoms with Crippen LogP contribution in [0.1, 0.15) is 5.56 Å². The molecule has 5 rings (SSSR count). The quantitative estimate of drug-likeness (QED) is 0.311. The van der Waals surface area contributed by atoms with Gasteiger partial charge in [-0.15, -0.1) is 5.10 Å². The zero-order valence-electron chi connectivity index (χ0n) is 16.4. The van der Waals surface area contributed by atoms with Gasteiger partial charge >= 0.3 is 5.69 Å². The van der Waals surface area contributed by atoms with Gasteiger partial charge in [0.25, 0.3) is 0 Å². The lowest BCUT2D eigenvalue weighted by atomic mass is 9.97. The van der Waals surface area contributed by atoms with Crippen molar-refractivity contribution in [3.05, 3.63) is 104 Å². The SMILES string of the molecule is O=c1n(Cc2ccnc(Cl)c2)nc2c(-c3ccc(Cl)cc3)c(-c3ccc(Cl)cc3)cnn12. The average molecular weight is 483 g/mol. The minimum atomic E-state index is -0.356. The maximum atomic E-state index is 13.1. The molecule has 6 nitrogen and oxygen atoms in total. The summed E-state index contributed by atoms with van der Waals surface area (Å²) >= 11 is 18.2. The van der Waals surface area contributed by atoms with Crippen molar-refractivity contribution < 1.29 is 0 Å². The number of fused-ring (bicyclic) bond motifs is 1. The van der Waals surface area contributed by atoms with Crippen LogP contribution < -0.4 is 5.69 Å². The maximum absolute atomic E-state index is 13.1. The second kappa shape index (κ2) is 8.39. The molecule has 3 heterocycles. The average Bonchev–Trinajstić information content (AvgIpc) is 3.10. The molecule has 0 bridgehead atoms. The highest BCUT2D eigenvalue weighted by Crippen LogP contribution is 2.35. The molecule has 2 aromatic carbocycles. The Morgan fingerprint density at radius 3 is 2.16 bits per heavy atom. The summed E-state index contributed by atoms with van der Waals surface area (Å²) in [5.41, 5.74) is 4.23. The summed E-state index contributed by atoms with van der Waals surface area (Å²) in [7, 11) is 0. The molecular weight excluding hydrogens is 469 g/mol. The first-order valence-corrected chi connectivity index (χ1v) is 10.7. The Bertz CT molecular complexity index is 1490. The van der Waals surface area contributed by atoms with Gasteiger partial charge in [0.05, 0.1) is 12.7 Å². The molecular formula is C23H14Cl3N5O. The molecule has 9 heteroatoms. The highest BCUT2D eigenvalue weighted by Gasteiger charge is 2.19. The first kappa shape index (κ1) is 20.7. The van der Waals surface area contributed by atoms with E-state index in [2.05, 4.69) is 15.2 Å². The fourth-order valence-corrected chi connectivity index (χ4v) is 3.97. The van der Waals surface area contributed by atoms with Gasteiger partial charge in [-0.25, -0.2) is 14.5 Å². The van der Waals surface area contributed by atoms with Crippen molar-refractivity contribution in [3.8, 4) is 22.3 Å². The Morgan fingerprint density at radius 2 is 1.50 bits per heavy atom. The van der Waals surface area contributed by atoms with Crippen LogP contribution in [0.4, 0.5) is 0 Å². The van der Waals surface area contributed by atoms with Gasteiger partial charge in [0, 0.05) is 27.4 Å². The van der Waals surface area contributed by atoms with Crippen molar-refractivity contribution in [2.75, 3.05) is 0 Å². The van der Waals surface area contributed by atoms with E-state index in [1.54, 1.807) is 36.7 Å². The molecule has 158 valence electrons. The molecule has 0 spiro atoms. The van der Waals surface area contributed by atoms with Crippen molar-refractivity contribution in [2.24, 2.45) is 0 Å². The highest BCUT2D eigenvalue weighted by molar-refractivity contribution is 6.31. The van der Waals surface area contributed by atoms with Crippen molar-refractivity contribution in [1.82, 2.24) is 24.4 Å². The lowest BCUT2D eigenvalue weighted by molar-refractivity contribution is 0.650. The topological polar surface area (TPSA) is 65.1 Å². The lowest BCUT2D eigenvalue weighted by Crippen LogP contribution is -2.23. The van der Waals surface area contributed by atoms with E-state index in [4.69, 9.17) is 34.8 Å². The van der Waals surface area contributed by atoms with Gasteiger partial charge < -0.3 is 0 Å². The number of aromatic nitrogens is 5. The van der Waals surface area contributed by atoms with Gasteiger partial charge in [0.1, 0.15) is 5.15 Å². The molecule has 32 heavy (non-hydrogen) atoms. The second-order valence-electron chi connectivity index (χ2n) is 7.11. The van der Waals surface area contributed by atoms with Crippen LogP contribution >= 0.6 is 34.8 Å². The summed E-state index contributed by atoms with van der Waals surface area (Å²) in [5, 5.41) is 10.6. The van der Waals surface area contributed by atoms with Crippen LogP contribution in [-0.4, -0.2) is 24.4 Å². The van der Waals surface area contributed by atoms with Crippen molar-refractivity contribution in [2.45, 2.75) is 6.54 Å². The molecule has 0 fully saturated rings. The third kappa shape index (κ3) is 3.88. The van der Waals surface area contributed by atoms with E-state index >= 15 is 0 Å². The highest BCUT2D eigenvalue weighted by atomic mass is 35.5. The number of nitrogens with zero attached hydrogens (tertiary/aromatic N) is 5. The van der Waals surface area contributed by atoms with E-state index in [9.17, 15) is 4.79 Å². The minimum absolute atomic E-state index is 0.237. The predicted octanol–water partition coefficient (Wildman–Crippen LogP) is 5.63. The number of hydrogen-bond donors (Lipinski definition) is 0. The van der Waals surface area contributed by atoms with Crippen molar-refractivity contribution in [3.63, 3.8) is 0 Å². The second-order valence-corrected chi connectivity index (χ2v) is 8.37. The largest absolute Gasteiger partial charge is 0.367 e. The molecule has 0 aliphatic carbocycles. The van der Waals surface area contributed by atoms with Crippen LogP contribution in [-0.2, 0) is 6.54 Å². The number of halogens is 3. The molecule has 0 atom stereocenters. The predicted molar refractivity (Wildman–Crippen MR) is 126 cm³/mol. The van der Waals surface area contributed by atoms with E-state index in [0.29, 0.717) is 20.8 Å². The summed E-state index contributed by atoms with van der Waals surface area (Å²) in [6, 6.07) is 18.3. The van der Waals surface area contributed by atoms with Gasteiger partial charge in [0.2, 0.25) is 0 Å². The molecule has 0 radical (unpaired) electrons. The fraction of sp³-hybridized carbons (Fsp3) is 0.0435. The van der Waals surface area contributed by atoms with E-state index < -0.39 is 0 Å². The molecule has 0 saturated carbocycles. The monoisotopic (exact) mass is 481 g/mol. The van der Waals surface area contributed by atoms with Gasteiger partial charge in [0.15, 0.2) is 5.65 Å². The number of hydrogen-bond acceptors (Lipinski definition) is 4. The van der Waals surface area contributed by atoms with Crippen LogP contribution in [0.25, 0.3) is 27.9 Å². The Labute approximate surface area is 197 Å². The Kier molecular flexibility index (Phi) is 5.43. The van der Waals surface area contributed by atoms with Crippen LogP contribution in [0.15, 0.2) is 77.9 Å². The van der Waals surface area contributed by atoms with E-state index in [0.717, 1.165) is 27.8 Å². The molecule has 0 unspecified atom stereocenters. The fourth-order valence-electron chi connectivity index (χ4n) is 3.53. The van der Waals surface area contributed by atoms with Crippen molar-refractivity contribution in [1.29, 1.82) is 0 Å². The molecule has 0 aliphatic heterocycles. The first-order chi connectivity index (χ1) is 15.5. The van der Waals surface area contributed by atoms with Gasteiger partial charge in [-0.1, -0.05) is 59.1 Å². The van der Waals surface area contributed by atoms with E-state index in [1.165, 1.54) is 9.20 Å². The summed E-state index contributed by atoms with van der Waals surface area (Å²) < 4.78 is 2.66. The van der Waals surface area contributed by atoms with Crippen LogP contribution in [0.2, 0.25) is 15.2 Å². The lowest BCUT2D eigenvalue weighted by Gasteiger charge is -2.11. The molecule has 5 aromatic rings. The van der Waals surface area contributed by atoms with Gasteiger partial charge in [-0.3, -0.25) is 0 Å². The number of pyridine rings is 1. The maximum Gasteiger partial charge on any atom is 0.367 e. The molecule has 0 N–H and O–H groups in total. The molecule has 3 aromatic heterocycles. The van der Waals surface area contributed by atoms with Gasteiger partial charge in [-0.05, 0) is 53.1 Å². The zero-order chi connectivity index (χ0) is 22.2. The zero-order valence-corrected chi connectivity index (χ0v) is 18.7. The van der Waals surface area contributed by atoms with E-state index in [1.807, 2.05) is 36.4 Å². The summed E-state index contributed by atoms with van der Waals surface area (Å²) in [6.45, 7) is 0.237. The molecule has 0 amide bonds. The third-order valence-corrected chi connectivity index (χ3v) is 5.74. The Balaban J connectivity index is 1.74. The number of benzene rings is 2. The minimum Gasteiger partial charge on any atom is -0.245 e. The first-order valence-electron chi connectivity index (χ1n) is 9.61. The van der Waals surface area contributed by atoms with E-state index in [-0.39, 0.29) is 12.2 Å². The normalized spacial score (nSPS) is 11.2. The number of rotatable bonds is 4. The van der Waals surface area contributed by atoms with Crippen molar-refractivity contribution >= 4 is 40.4 Å². The smallest absolute Gasteiger partial charge is 0.245 e. The van der Waals surface area contributed by atoms with Crippen LogP contribution in [0.3, 0.4) is 0 Å². The van der Waals surface area contributed by atoms with Gasteiger partial charge in [-0.2, -0.15) is 9.61 Å². The van der Waals surface area contributed by atoms with Crippen LogP contribution in [0.5, 0.6) is 0 Å². The summed E-state index contributed by atoms with van der Waals surface area (Å²) in [5.74, 6) is 0. The third-order valence-electron chi connectivity index (χ3n) is 5.02. The standard InChI is InChI=1S/C23H14Cl3N5O/c24-17-5-1-15(2-6-17)19-12-28-31-22(21(19)16-3-7-18(25)8-4-16)29-30(23(31)32)13-14-9-10-27-20(26)11-14/h1-12H,13H2. The summed E-state index contributed by atoms with van der Waals surface area (Å²) in [6.07, 6.45) is 3.26. The Hall–Kier alpha value is -3.19. The Morgan fingerprint density at radius 1 is 0.844 bits per heavy atom. The molecule has 0 aliphatic rings. The summed E-state index contributed by atoms with van der Waals surface area (Å²) in [4.78, 5) is 17.0. The van der Waals surface area contributed by atoms with Crippen LogP contribution in [0, 0.1) is 0 Å².